The van der Waals surface area contributed by atoms with Crippen LogP contribution < -0.4 is 20.1 Å². The number of carbonyl (C=O) groups is 1. The Balaban J connectivity index is 1.97. The SMILES string of the molecule is COc1ccc(OC)c(NCC(=O)Nc2ccc(C(F)(F)F)cc2)c1. The predicted molar refractivity (Wildman–Crippen MR) is 88.1 cm³/mol. The number of rotatable bonds is 6. The molecule has 0 aliphatic carbocycles. The molecule has 0 unspecified atom stereocenters. The van der Waals surface area contributed by atoms with Crippen molar-refractivity contribution in [3.8, 4) is 11.5 Å². The molecule has 25 heavy (non-hydrogen) atoms. The van der Waals surface area contributed by atoms with Gasteiger partial charge in [0.25, 0.3) is 0 Å². The Labute approximate surface area is 142 Å². The first-order chi connectivity index (χ1) is 11.8. The van der Waals surface area contributed by atoms with Crippen molar-refractivity contribution in [2.75, 3.05) is 31.4 Å². The lowest BCUT2D eigenvalue weighted by molar-refractivity contribution is -0.137. The molecule has 2 aromatic carbocycles. The largest absolute Gasteiger partial charge is 0.497 e. The van der Waals surface area contributed by atoms with Crippen LogP contribution in [0.4, 0.5) is 24.5 Å². The number of halogens is 3. The van der Waals surface area contributed by atoms with Gasteiger partial charge in [-0.3, -0.25) is 4.79 Å². The van der Waals surface area contributed by atoms with E-state index in [0.717, 1.165) is 12.1 Å². The molecule has 0 aromatic heterocycles. The van der Waals surface area contributed by atoms with Gasteiger partial charge in [-0.2, -0.15) is 13.2 Å². The molecule has 0 saturated carbocycles. The summed E-state index contributed by atoms with van der Waals surface area (Å²) >= 11 is 0. The van der Waals surface area contributed by atoms with E-state index in [1.54, 1.807) is 18.2 Å². The van der Waals surface area contributed by atoms with E-state index < -0.39 is 17.6 Å². The van der Waals surface area contributed by atoms with Gasteiger partial charge >= 0.3 is 6.18 Å². The molecular formula is C17H17F3N2O3. The van der Waals surface area contributed by atoms with Gasteiger partial charge in [0, 0.05) is 11.8 Å². The highest BCUT2D eigenvalue weighted by atomic mass is 19.4. The second-order valence-corrected chi connectivity index (χ2v) is 5.04. The highest BCUT2D eigenvalue weighted by Crippen LogP contribution is 2.30. The van der Waals surface area contributed by atoms with E-state index in [1.807, 2.05) is 0 Å². The molecule has 0 bridgehead atoms. The van der Waals surface area contributed by atoms with Crippen molar-refractivity contribution in [2.24, 2.45) is 0 Å². The van der Waals surface area contributed by atoms with Crippen LogP contribution in [0.25, 0.3) is 0 Å². The minimum Gasteiger partial charge on any atom is -0.497 e. The van der Waals surface area contributed by atoms with Gasteiger partial charge in [0.2, 0.25) is 5.91 Å². The molecule has 2 N–H and O–H groups in total. The van der Waals surface area contributed by atoms with E-state index in [2.05, 4.69) is 10.6 Å². The van der Waals surface area contributed by atoms with Gasteiger partial charge in [-0.1, -0.05) is 0 Å². The average molecular weight is 354 g/mol. The number of hydrogen-bond acceptors (Lipinski definition) is 4. The van der Waals surface area contributed by atoms with Crippen LogP contribution in [0.1, 0.15) is 5.56 Å². The monoisotopic (exact) mass is 354 g/mol. The summed E-state index contributed by atoms with van der Waals surface area (Å²) in [7, 11) is 3.01. The fourth-order valence-corrected chi connectivity index (χ4v) is 2.08. The maximum atomic E-state index is 12.5. The third-order valence-electron chi connectivity index (χ3n) is 3.34. The first kappa shape index (κ1) is 18.4. The minimum atomic E-state index is -4.41. The average Bonchev–Trinajstić information content (AvgIpc) is 2.59. The number of methoxy groups -OCH3 is 2. The zero-order valence-corrected chi connectivity index (χ0v) is 13.6. The Hall–Kier alpha value is -2.90. The van der Waals surface area contributed by atoms with E-state index in [4.69, 9.17) is 9.47 Å². The van der Waals surface area contributed by atoms with Gasteiger partial charge in [-0.15, -0.1) is 0 Å². The normalized spacial score (nSPS) is 10.9. The van der Waals surface area contributed by atoms with Gasteiger partial charge in [0.05, 0.1) is 32.0 Å². The van der Waals surface area contributed by atoms with Gasteiger partial charge in [-0.25, -0.2) is 0 Å². The summed E-state index contributed by atoms with van der Waals surface area (Å²) in [5.41, 5.74) is 0.0616. The van der Waals surface area contributed by atoms with Crippen LogP contribution in [0.15, 0.2) is 42.5 Å². The van der Waals surface area contributed by atoms with E-state index >= 15 is 0 Å². The van der Waals surface area contributed by atoms with Gasteiger partial charge in [-0.05, 0) is 36.4 Å². The third kappa shape index (κ3) is 5.03. The molecule has 8 heteroatoms. The zero-order valence-electron chi connectivity index (χ0n) is 13.6. The molecule has 0 spiro atoms. The summed E-state index contributed by atoms with van der Waals surface area (Å²) in [6.07, 6.45) is -4.41. The molecule has 5 nitrogen and oxygen atoms in total. The molecule has 0 fully saturated rings. The number of benzene rings is 2. The highest BCUT2D eigenvalue weighted by molar-refractivity contribution is 5.94. The van der Waals surface area contributed by atoms with E-state index in [9.17, 15) is 18.0 Å². The van der Waals surface area contributed by atoms with Crippen LogP contribution >= 0.6 is 0 Å². The second-order valence-electron chi connectivity index (χ2n) is 5.04. The van der Waals surface area contributed by atoms with E-state index in [0.29, 0.717) is 17.2 Å². The maximum Gasteiger partial charge on any atom is 0.416 e. The Morgan fingerprint density at radius 2 is 1.72 bits per heavy atom. The van der Waals surface area contributed by atoms with Crippen molar-refractivity contribution in [3.63, 3.8) is 0 Å². The molecule has 0 aliphatic rings. The highest BCUT2D eigenvalue weighted by Gasteiger charge is 2.29. The van der Waals surface area contributed by atoms with Crippen LogP contribution in [0, 0.1) is 0 Å². The Morgan fingerprint density at radius 3 is 2.28 bits per heavy atom. The van der Waals surface area contributed by atoms with Crippen LogP contribution in [0.5, 0.6) is 11.5 Å². The lowest BCUT2D eigenvalue weighted by atomic mass is 10.2. The van der Waals surface area contributed by atoms with Crippen molar-refractivity contribution < 1.29 is 27.4 Å². The van der Waals surface area contributed by atoms with Crippen LogP contribution in [-0.2, 0) is 11.0 Å². The summed E-state index contributed by atoms with van der Waals surface area (Å²) in [4.78, 5) is 12.0. The topological polar surface area (TPSA) is 59.6 Å². The molecule has 0 aliphatic heterocycles. The molecule has 0 radical (unpaired) electrons. The standard InChI is InChI=1S/C17H17F3N2O3/c1-24-13-7-8-15(25-2)14(9-13)21-10-16(23)22-12-5-3-11(4-6-12)17(18,19)20/h3-9,21H,10H2,1-2H3,(H,22,23). The van der Waals surface area contributed by atoms with Crippen molar-refractivity contribution in [2.45, 2.75) is 6.18 Å². The number of amides is 1. The van der Waals surface area contributed by atoms with Crippen LogP contribution in [-0.4, -0.2) is 26.7 Å². The summed E-state index contributed by atoms with van der Waals surface area (Å²) < 4.78 is 47.8. The first-order valence-electron chi connectivity index (χ1n) is 7.26. The molecule has 0 atom stereocenters. The number of nitrogens with one attached hydrogen (secondary N) is 2. The second kappa shape index (κ2) is 7.78. The number of ether oxygens (including phenoxy) is 2. The molecule has 0 saturated heterocycles. The van der Waals surface area contributed by atoms with Gasteiger partial charge in [0.1, 0.15) is 11.5 Å². The van der Waals surface area contributed by atoms with Crippen molar-refractivity contribution in [3.05, 3.63) is 48.0 Å². The van der Waals surface area contributed by atoms with Crippen molar-refractivity contribution in [1.29, 1.82) is 0 Å². The number of anilines is 2. The molecule has 2 aromatic rings. The lowest BCUT2D eigenvalue weighted by Crippen LogP contribution is -2.22. The third-order valence-corrected chi connectivity index (χ3v) is 3.34. The van der Waals surface area contributed by atoms with Gasteiger partial charge in [0.15, 0.2) is 0 Å². The minimum absolute atomic E-state index is 0.0927. The summed E-state index contributed by atoms with van der Waals surface area (Å²) in [6.45, 7) is -0.0927. The lowest BCUT2D eigenvalue weighted by Gasteiger charge is -2.13. The summed E-state index contributed by atoms with van der Waals surface area (Å²) in [5, 5.41) is 5.41. The molecule has 1 amide bonds. The summed E-state index contributed by atoms with van der Waals surface area (Å²) in [6, 6.07) is 9.30. The van der Waals surface area contributed by atoms with Crippen molar-refractivity contribution in [1.82, 2.24) is 0 Å². The zero-order chi connectivity index (χ0) is 18.4. The number of alkyl halides is 3. The predicted octanol–water partition coefficient (Wildman–Crippen LogP) is 3.77. The fourth-order valence-electron chi connectivity index (χ4n) is 2.08. The molecule has 134 valence electrons. The Morgan fingerprint density at radius 1 is 1.04 bits per heavy atom. The Bertz CT molecular complexity index is 731. The van der Waals surface area contributed by atoms with E-state index in [1.165, 1.54) is 26.4 Å². The summed E-state index contributed by atoms with van der Waals surface area (Å²) in [5.74, 6) is 0.708. The van der Waals surface area contributed by atoms with Crippen LogP contribution in [0.3, 0.4) is 0 Å². The number of carbonyl (C=O) groups excluding carboxylic acids is 1. The molecule has 2 rings (SSSR count). The fraction of sp³-hybridized carbons (Fsp3) is 0.235. The molecule has 0 heterocycles. The Kier molecular flexibility index (Phi) is 5.74. The van der Waals surface area contributed by atoms with E-state index in [-0.39, 0.29) is 12.2 Å². The smallest absolute Gasteiger partial charge is 0.416 e. The van der Waals surface area contributed by atoms with Crippen LogP contribution in [0.2, 0.25) is 0 Å². The van der Waals surface area contributed by atoms with Crippen molar-refractivity contribution >= 4 is 17.3 Å². The quantitative estimate of drug-likeness (QED) is 0.829. The number of hydrogen-bond donors (Lipinski definition) is 2. The molecular weight excluding hydrogens is 337 g/mol. The van der Waals surface area contributed by atoms with Gasteiger partial charge < -0.3 is 20.1 Å². The maximum absolute atomic E-state index is 12.5. The first-order valence-corrected chi connectivity index (χ1v) is 7.26.